The molecule has 0 N–H and O–H groups in total. The van der Waals surface area contributed by atoms with Crippen LogP contribution in [0, 0.1) is 5.92 Å². The number of hydrogen-bond donors (Lipinski definition) is 0. The summed E-state index contributed by atoms with van der Waals surface area (Å²) in [6, 6.07) is 42.4. The van der Waals surface area contributed by atoms with Crippen LogP contribution in [0.1, 0.15) is 31.4 Å². The number of anilines is 2. The molecule has 0 radical (unpaired) electrons. The molecule has 0 saturated heterocycles. The maximum Gasteiger partial charge on any atom is 0.0561 e. The Hall–Kier alpha value is -5.34. The monoisotopic (exact) mass is 578 g/mol. The first-order valence-electron chi connectivity index (χ1n) is 16.0. The number of hydrogen-bond acceptors (Lipinski definition) is 1. The Morgan fingerprint density at radius 3 is 2.40 bits per heavy atom. The molecule has 1 aromatic heterocycles. The van der Waals surface area contributed by atoms with Gasteiger partial charge in [-0.1, -0.05) is 123 Å². The van der Waals surface area contributed by atoms with Crippen molar-refractivity contribution in [3.05, 3.63) is 174 Å². The highest BCUT2D eigenvalue weighted by Crippen LogP contribution is 2.54. The first kappa shape index (κ1) is 26.1. The summed E-state index contributed by atoms with van der Waals surface area (Å²) in [6.45, 7) is 4.73. The minimum Gasteiger partial charge on any atom is -0.310 e. The summed E-state index contributed by atoms with van der Waals surface area (Å²) in [5, 5.41) is 2.53. The number of rotatable bonds is 4. The fourth-order valence-electron chi connectivity index (χ4n) is 7.90. The van der Waals surface area contributed by atoms with Crippen molar-refractivity contribution in [3.8, 4) is 16.8 Å². The van der Waals surface area contributed by atoms with Crippen molar-refractivity contribution in [1.82, 2.24) is 4.57 Å². The van der Waals surface area contributed by atoms with E-state index in [-0.39, 0.29) is 5.41 Å². The van der Waals surface area contributed by atoms with Gasteiger partial charge in [-0.15, -0.1) is 0 Å². The lowest BCUT2D eigenvalue weighted by molar-refractivity contribution is 0.660. The van der Waals surface area contributed by atoms with Crippen LogP contribution in [0.15, 0.2) is 163 Å². The van der Waals surface area contributed by atoms with Crippen molar-refractivity contribution in [2.24, 2.45) is 5.92 Å². The van der Waals surface area contributed by atoms with E-state index in [9.17, 15) is 0 Å². The molecule has 1 atom stereocenters. The number of aromatic nitrogens is 1. The van der Waals surface area contributed by atoms with Crippen LogP contribution in [-0.4, -0.2) is 4.57 Å². The van der Waals surface area contributed by atoms with Gasteiger partial charge in [0.15, 0.2) is 0 Å². The normalized spacial score (nSPS) is 17.5. The van der Waals surface area contributed by atoms with Crippen LogP contribution in [0.3, 0.4) is 0 Å². The third kappa shape index (κ3) is 3.88. The van der Waals surface area contributed by atoms with Gasteiger partial charge < -0.3 is 9.47 Å². The molecule has 216 valence electrons. The molecular formula is C43H34N2. The largest absolute Gasteiger partial charge is 0.310 e. The lowest BCUT2D eigenvalue weighted by Gasteiger charge is -2.32. The summed E-state index contributed by atoms with van der Waals surface area (Å²) in [5.41, 5.74) is 14.0. The van der Waals surface area contributed by atoms with E-state index in [0.29, 0.717) is 5.92 Å². The van der Waals surface area contributed by atoms with E-state index in [1.807, 2.05) is 0 Å². The number of nitrogens with zero attached hydrogens (tertiary/aromatic N) is 2. The van der Waals surface area contributed by atoms with Crippen molar-refractivity contribution in [1.29, 1.82) is 0 Å². The highest BCUT2D eigenvalue weighted by molar-refractivity contribution is 6.10. The Morgan fingerprint density at radius 1 is 0.711 bits per heavy atom. The fraction of sp³-hybridized carbons (Fsp3) is 0.116. The molecule has 2 nitrogen and oxygen atoms in total. The van der Waals surface area contributed by atoms with Crippen LogP contribution in [0.4, 0.5) is 11.4 Å². The zero-order chi connectivity index (χ0) is 30.1. The van der Waals surface area contributed by atoms with E-state index >= 15 is 0 Å². The number of fused-ring (bicyclic) bond motifs is 7. The van der Waals surface area contributed by atoms with E-state index < -0.39 is 0 Å². The third-order valence-electron chi connectivity index (χ3n) is 10.1. The number of allylic oxidation sites excluding steroid dienone is 7. The van der Waals surface area contributed by atoms with Gasteiger partial charge in [0.25, 0.3) is 0 Å². The maximum atomic E-state index is 2.51. The SMILES string of the molecule is CC1(C)c2ccccc2-c2c(N(C3=CCC4C=CC=CC4=C3)c3ccc4c5ccccc5n(-c5ccccc5)c4c3)cccc21. The van der Waals surface area contributed by atoms with Crippen molar-refractivity contribution in [2.45, 2.75) is 25.7 Å². The molecule has 1 unspecified atom stereocenters. The molecule has 0 amide bonds. The molecule has 6 aromatic rings. The van der Waals surface area contributed by atoms with E-state index in [0.717, 1.165) is 12.1 Å². The quantitative estimate of drug-likeness (QED) is 0.202. The lowest BCUT2D eigenvalue weighted by Crippen LogP contribution is -2.20. The number of para-hydroxylation sites is 2. The predicted molar refractivity (Wildman–Crippen MR) is 189 cm³/mol. The van der Waals surface area contributed by atoms with Crippen LogP contribution in [-0.2, 0) is 5.41 Å². The summed E-state index contributed by atoms with van der Waals surface area (Å²) in [6.07, 6.45) is 14.8. The molecule has 45 heavy (non-hydrogen) atoms. The lowest BCUT2D eigenvalue weighted by atomic mass is 9.82. The second-order valence-electron chi connectivity index (χ2n) is 13.0. The van der Waals surface area contributed by atoms with Crippen LogP contribution < -0.4 is 4.90 Å². The average molecular weight is 579 g/mol. The van der Waals surface area contributed by atoms with Crippen LogP contribution in [0.25, 0.3) is 38.6 Å². The van der Waals surface area contributed by atoms with Gasteiger partial charge in [0.2, 0.25) is 0 Å². The highest BCUT2D eigenvalue weighted by Gasteiger charge is 2.38. The Kier molecular flexibility index (Phi) is 5.70. The molecular weight excluding hydrogens is 544 g/mol. The van der Waals surface area contributed by atoms with Gasteiger partial charge >= 0.3 is 0 Å². The highest BCUT2D eigenvalue weighted by atomic mass is 15.2. The summed E-state index contributed by atoms with van der Waals surface area (Å²) < 4.78 is 2.42. The Bertz CT molecular complexity index is 2270. The number of benzene rings is 5. The molecule has 0 saturated carbocycles. The molecule has 3 aliphatic carbocycles. The van der Waals surface area contributed by atoms with Gasteiger partial charge in [-0.3, -0.25) is 0 Å². The summed E-state index contributed by atoms with van der Waals surface area (Å²) in [5.74, 6) is 0.435. The first-order chi connectivity index (χ1) is 22.1. The van der Waals surface area contributed by atoms with Crippen molar-refractivity contribution in [2.75, 3.05) is 4.90 Å². The van der Waals surface area contributed by atoms with E-state index in [2.05, 4.69) is 175 Å². The second kappa shape index (κ2) is 9.84. The second-order valence-corrected chi connectivity index (χ2v) is 13.0. The van der Waals surface area contributed by atoms with Gasteiger partial charge in [0.05, 0.1) is 16.7 Å². The van der Waals surface area contributed by atoms with Crippen LogP contribution in [0.5, 0.6) is 0 Å². The first-order valence-corrected chi connectivity index (χ1v) is 16.0. The van der Waals surface area contributed by atoms with E-state index in [1.165, 1.54) is 66.7 Å². The standard InChI is InChI=1S/C43H34N2/c1-43(2)37-19-10-8-18-36(37)42-38(43)20-12-22-40(42)44(32-24-23-29-13-6-7-14-30(29)27-32)33-25-26-35-34-17-9-11-21-39(34)45(41(35)28-33)31-15-4-3-5-16-31/h3-22,24-29H,23H2,1-2H3. The van der Waals surface area contributed by atoms with Gasteiger partial charge in [-0.05, 0) is 71.2 Å². The zero-order valence-electron chi connectivity index (χ0n) is 25.6. The van der Waals surface area contributed by atoms with Gasteiger partial charge in [-0.2, -0.15) is 0 Å². The van der Waals surface area contributed by atoms with Crippen molar-refractivity contribution < 1.29 is 0 Å². The molecule has 2 heteroatoms. The van der Waals surface area contributed by atoms with Crippen LogP contribution in [0.2, 0.25) is 0 Å². The summed E-state index contributed by atoms with van der Waals surface area (Å²) in [7, 11) is 0. The molecule has 9 rings (SSSR count). The molecule has 0 spiro atoms. The van der Waals surface area contributed by atoms with E-state index in [4.69, 9.17) is 0 Å². The Labute approximate surface area is 264 Å². The molecule has 0 aliphatic heterocycles. The Morgan fingerprint density at radius 2 is 1.49 bits per heavy atom. The maximum absolute atomic E-state index is 2.51. The smallest absolute Gasteiger partial charge is 0.0561 e. The summed E-state index contributed by atoms with van der Waals surface area (Å²) >= 11 is 0. The molecule has 1 heterocycles. The minimum atomic E-state index is -0.0707. The molecule has 5 aromatic carbocycles. The minimum absolute atomic E-state index is 0.0707. The molecule has 0 fully saturated rings. The van der Waals surface area contributed by atoms with Gasteiger partial charge in [-0.25, -0.2) is 0 Å². The van der Waals surface area contributed by atoms with Gasteiger partial charge in [0, 0.05) is 44.7 Å². The van der Waals surface area contributed by atoms with Crippen molar-refractivity contribution >= 4 is 33.2 Å². The summed E-state index contributed by atoms with van der Waals surface area (Å²) in [4.78, 5) is 2.51. The molecule has 0 bridgehead atoms. The van der Waals surface area contributed by atoms with Gasteiger partial charge in [0.1, 0.15) is 0 Å². The zero-order valence-corrected chi connectivity index (χ0v) is 25.6. The van der Waals surface area contributed by atoms with Crippen molar-refractivity contribution in [3.63, 3.8) is 0 Å². The fourth-order valence-corrected chi connectivity index (χ4v) is 7.90. The topological polar surface area (TPSA) is 8.17 Å². The predicted octanol–water partition coefficient (Wildman–Crippen LogP) is 11.2. The Balaban J connectivity index is 1.33. The van der Waals surface area contributed by atoms with E-state index in [1.54, 1.807) is 0 Å². The third-order valence-corrected chi connectivity index (χ3v) is 10.1. The molecule has 3 aliphatic rings. The average Bonchev–Trinajstić information content (AvgIpc) is 3.54. The van der Waals surface area contributed by atoms with Crippen LogP contribution >= 0.6 is 0 Å².